The summed E-state index contributed by atoms with van der Waals surface area (Å²) in [6, 6.07) is 16.6. The molecule has 0 aliphatic carbocycles. The van der Waals surface area contributed by atoms with E-state index in [1.54, 1.807) is 24.3 Å². The summed E-state index contributed by atoms with van der Waals surface area (Å²) < 4.78 is 0. The van der Waals surface area contributed by atoms with Crippen molar-refractivity contribution < 1.29 is 4.79 Å². The van der Waals surface area contributed by atoms with Gasteiger partial charge in [0.2, 0.25) is 5.82 Å². The third-order valence-corrected chi connectivity index (χ3v) is 2.71. The first-order valence-corrected chi connectivity index (χ1v) is 5.78. The predicted molar refractivity (Wildman–Crippen MR) is 70.0 cm³/mol. The molecule has 19 heavy (non-hydrogen) atoms. The van der Waals surface area contributed by atoms with Crippen molar-refractivity contribution in [2.24, 2.45) is 0 Å². The Morgan fingerprint density at radius 2 is 1.68 bits per heavy atom. The molecule has 0 N–H and O–H groups in total. The van der Waals surface area contributed by atoms with E-state index in [1.165, 1.54) is 4.80 Å². The molecule has 0 aliphatic rings. The van der Waals surface area contributed by atoms with E-state index in [-0.39, 0.29) is 0 Å². The van der Waals surface area contributed by atoms with Gasteiger partial charge in [0.1, 0.15) is 6.29 Å². The van der Waals surface area contributed by atoms with Crippen LogP contribution < -0.4 is 0 Å². The van der Waals surface area contributed by atoms with Gasteiger partial charge in [-0.15, -0.1) is 15.0 Å². The molecular weight excluding hydrogens is 240 g/mol. The van der Waals surface area contributed by atoms with Crippen molar-refractivity contribution in [3.8, 4) is 17.1 Å². The van der Waals surface area contributed by atoms with Crippen molar-refractivity contribution in [3.05, 3.63) is 60.2 Å². The first-order valence-electron chi connectivity index (χ1n) is 5.78. The summed E-state index contributed by atoms with van der Waals surface area (Å²) >= 11 is 0. The molecule has 0 unspecified atom stereocenters. The zero-order chi connectivity index (χ0) is 13.1. The lowest BCUT2D eigenvalue weighted by molar-refractivity contribution is 0.112. The molecular formula is C14H10N4O. The van der Waals surface area contributed by atoms with Crippen molar-refractivity contribution >= 4 is 6.29 Å². The molecule has 2 aromatic carbocycles. The lowest BCUT2D eigenvalue weighted by Gasteiger charge is -1.96. The zero-order valence-electron chi connectivity index (χ0n) is 9.97. The number of carbonyl (C=O) groups is 1. The Balaban J connectivity index is 1.94. The van der Waals surface area contributed by atoms with Crippen molar-refractivity contribution in [2.75, 3.05) is 0 Å². The fraction of sp³-hybridized carbons (Fsp3) is 0. The van der Waals surface area contributed by atoms with E-state index in [0.29, 0.717) is 11.4 Å². The van der Waals surface area contributed by atoms with Gasteiger partial charge in [-0.1, -0.05) is 42.5 Å². The molecule has 92 valence electrons. The first-order chi connectivity index (χ1) is 9.36. The highest BCUT2D eigenvalue weighted by Gasteiger charge is 2.06. The summed E-state index contributed by atoms with van der Waals surface area (Å²) in [5.41, 5.74) is 2.30. The first kappa shape index (κ1) is 11.3. The monoisotopic (exact) mass is 250 g/mol. The molecule has 0 spiro atoms. The SMILES string of the molecule is O=Cc1ccc(-c2nnn(-c3ccccc3)n2)cc1. The van der Waals surface area contributed by atoms with Crippen LogP contribution in [0.15, 0.2) is 54.6 Å². The van der Waals surface area contributed by atoms with E-state index in [4.69, 9.17) is 0 Å². The molecule has 1 aromatic heterocycles. The van der Waals surface area contributed by atoms with Crippen LogP contribution in [0, 0.1) is 0 Å². The smallest absolute Gasteiger partial charge is 0.205 e. The van der Waals surface area contributed by atoms with E-state index in [9.17, 15) is 4.79 Å². The van der Waals surface area contributed by atoms with Crippen LogP contribution in [0.3, 0.4) is 0 Å². The number of carbonyl (C=O) groups excluding carboxylic acids is 1. The van der Waals surface area contributed by atoms with Gasteiger partial charge in [-0.25, -0.2) is 0 Å². The molecule has 1 heterocycles. The lowest BCUT2D eigenvalue weighted by atomic mass is 10.1. The summed E-state index contributed by atoms with van der Waals surface area (Å²) in [4.78, 5) is 12.1. The van der Waals surface area contributed by atoms with Gasteiger partial charge in [0.15, 0.2) is 0 Å². The Hall–Kier alpha value is -2.82. The maximum atomic E-state index is 10.6. The normalized spacial score (nSPS) is 10.3. The number of nitrogens with zero attached hydrogens (tertiary/aromatic N) is 4. The lowest BCUT2D eigenvalue weighted by Crippen LogP contribution is -1.98. The molecule has 0 bridgehead atoms. The van der Waals surface area contributed by atoms with Crippen LogP contribution in [-0.2, 0) is 0 Å². The number of aromatic nitrogens is 4. The third-order valence-electron chi connectivity index (χ3n) is 2.71. The molecule has 0 amide bonds. The zero-order valence-corrected chi connectivity index (χ0v) is 9.97. The van der Waals surface area contributed by atoms with E-state index in [0.717, 1.165) is 17.5 Å². The van der Waals surface area contributed by atoms with Crippen molar-refractivity contribution in [3.63, 3.8) is 0 Å². The van der Waals surface area contributed by atoms with Crippen LogP contribution in [0.2, 0.25) is 0 Å². The van der Waals surface area contributed by atoms with Crippen molar-refractivity contribution in [2.45, 2.75) is 0 Å². The molecule has 3 rings (SSSR count). The molecule has 5 nitrogen and oxygen atoms in total. The Morgan fingerprint density at radius 3 is 2.37 bits per heavy atom. The summed E-state index contributed by atoms with van der Waals surface area (Å²) in [6.45, 7) is 0. The highest BCUT2D eigenvalue weighted by Crippen LogP contribution is 2.14. The van der Waals surface area contributed by atoms with Gasteiger partial charge in [0.05, 0.1) is 5.69 Å². The minimum Gasteiger partial charge on any atom is -0.298 e. The summed E-state index contributed by atoms with van der Waals surface area (Å²) in [5, 5.41) is 12.3. The largest absolute Gasteiger partial charge is 0.298 e. The van der Waals surface area contributed by atoms with Crippen LogP contribution in [0.1, 0.15) is 10.4 Å². The fourth-order valence-corrected chi connectivity index (χ4v) is 1.71. The Morgan fingerprint density at radius 1 is 0.947 bits per heavy atom. The molecule has 5 heteroatoms. The number of para-hydroxylation sites is 1. The van der Waals surface area contributed by atoms with Gasteiger partial charge in [0, 0.05) is 11.1 Å². The highest BCUT2D eigenvalue weighted by atomic mass is 16.1. The Labute approximate surface area is 109 Å². The summed E-state index contributed by atoms with van der Waals surface area (Å²) in [6.07, 6.45) is 0.804. The quantitative estimate of drug-likeness (QED) is 0.668. The predicted octanol–water partition coefficient (Wildman–Crippen LogP) is 2.14. The van der Waals surface area contributed by atoms with E-state index < -0.39 is 0 Å². The number of aldehydes is 1. The molecule has 0 fully saturated rings. The Bertz CT molecular complexity index is 689. The third kappa shape index (κ3) is 2.26. The number of hydrogen-bond donors (Lipinski definition) is 0. The second-order valence-corrected chi connectivity index (χ2v) is 3.98. The molecule has 0 saturated carbocycles. The van der Waals surface area contributed by atoms with Crippen LogP contribution in [-0.4, -0.2) is 26.5 Å². The number of hydrogen-bond acceptors (Lipinski definition) is 4. The van der Waals surface area contributed by atoms with E-state index >= 15 is 0 Å². The molecule has 0 aliphatic heterocycles. The highest BCUT2D eigenvalue weighted by molar-refractivity contribution is 5.76. The van der Waals surface area contributed by atoms with Crippen LogP contribution in [0.25, 0.3) is 17.1 Å². The second kappa shape index (κ2) is 4.81. The van der Waals surface area contributed by atoms with Gasteiger partial charge in [0.25, 0.3) is 0 Å². The van der Waals surface area contributed by atoms with Crippen LogP contribution in [0.4, 0.5) is 0 Å². The van der Waals surface area contributed by atoms with Crippen molar-refractivity contribution in [1.82, 2.24) is 20.2 Å². The van der Waals surface area contributed by atoms with Gasteiger partial charge >= 0.3 is 0 Å². The van der Waals surface area contributed by atoms with Gasteiger partial charge in [-0.2, -0.15) is 0 Å². The average Bonchev–Trinajstić information content (AvgIpc) is 2.98. The standard InChI is InChI=1S/C14H10N4O/c19-10-11-6-8-12(9-7-11)14-15-17-18(16-14)13-4-2-1-3-5-13/h1-10H. The Kier molecular flexibility index (Phi) is 2.86. The second-order valence-electron chi connectivity index (χ2n) is 3.98. The topological polar surface area (TPSA) is 60.7 Å². The minimum absolute atomic E-state index is 0.529. The number of rotatable bonds is 3. The van der Waals surface area contributed by atoms with Gasteiger partial charge in [-0.3, -0.25) is 4.79 Å². The van der Waals surface area contributed by atoms with Gasteiger partial charge in [-0.05, 0) is 17.3 Å². The minimum atomic E-state index is 0.529. The molecule has 3 aromatic rings. The van der Waals surface area contributed by atoms with Crippen molar-refractivity contribution in [1.29, 1.82) is 0 Å². The van der Waals surface area contributed by atoms with Gasteiger partial charge < -0.3 is 0 Å². The molecule has 0 saturated heterocycles. The molecule has 0 radical (unpaired) electrons. The maximum absolute atomic E-state index is 10.6. The van der Waals surface area contributed by atoms with E-state index in [1.807, 2.05) is 30.3 Å². The van der Waals surface area contributed by atoms with Crippen LogP contribution in [0.5, 0.6) is 0 Å². The number of tetrazole rings is 1. The van der Waals surface area contributed by atoms with Crippen LogP contribution >= 0.6 is 0 Å². The summed E-state index contributed by atoms with van der Waals surface area (Å²) in [7, 11) is 0. The molecule has 0 atom stereocenters. The average molecular weight is 250 g/mol. The van der Waals surface area contributed by atoms with E-state index in [2.05, 4.69) is 15.4 Å². The summed E-state index contributed by atoms with van der Waals surface area (Å²) in [5.74, 6) is 0.529. The fourth-order valence-electron chi connectivity index (χ4n) is 1.71. The number of benzene rings is 2. The maximum Gasteiger partial charge on any atom is 0.205 e.